The van der Waals surface area contributed by atoms with Gasteiger partial charge in [0.2, 0.25) is 0 Å². The molecule has 3 aromatic carbocycles. The van der Waals surface area contributed by atoms with Gasteiger partial charge in [-0.2, -0.15) is 0 Å². The number of fused-ring (bicyclic) bond motifs is 4. The monoisotopic (exact) mass is 361 g/mol. The van der Waals surface area contributed by atoms with Crippen LogP contribution in [0.1, 0.15) is 16.8 Å². The molecule has 0 spiro atoms. The van der Waals surface area contributed by atoms with Crippen molar-refractivity contribution in [2.24, 2.45) is 0 Å². The Morgan fingerprint density at radius 2 is 1.46 bits per heavy atom. The molecule has 0 saturated carbocycles. The van der Waals surface area contributed by atoms with Crippen LogP contribution in [0, 0.1) is 0 Å². The van der Waals surface area contributed by atoms with Crippen LogP contribution in [0.2, 0.25) is 0 Å². The first-order valence-corrected chi connectivity index (χ1v) is 9.72. The summed E-state index contributed by atoms with van der Waals surface area (Å²) in [7, 11) is -3.81. The molecule has 0 fully saturated rings. The zero-order chi connectivity index (χ0) is 17.9. The van der Waals surface area contributed by atoms with Crippen molar-refractivity contribution in [3.63, 3.8) is 0 Å². The zero-order valence-corrected chi connectivity index (χ0v) is 14.5. The van der Waals surface area contributed by atoms with Crippen LogP contribution in [0.5, 0.6) is 0 Å². The van der Waals surface area contributed by atoms with Gasteiger partial charge in [0, 0.05) is 10.9 Å². The Morgan fingerprint density at radius 1 is 0.808 bits per heavy atom. The van der Waals surface area contributed by atoms with Crippen LogP contribution in [0.25, 0.3) is 10.9 Å². The predicted octanol–water partition coefficient (Wildman–Crippen LogP) is 3.48. The Kier molecular flexibility index (Phi) is 2.99. The van der Waals surface area contributed by atoms with E-state index in [2.05, 4.69) is 0 Å². The van der Waals surface area contributed by atoms with Crippen molar-refractivity contribution < 1.29 is 13.5 Å². The number of rotatable bonds is 1. The van der Waals surface area contributed by atoms with Crippen LogP contribution in [0.15, 0.2) is 89.8 Å². The maximum atomic E-state index is 13.3. The number of nitrogens with zero attached hydrogens (tertiary/aromatic N) is 1. The molecule has 1 N–H and O–H groups in total. The second-order valence-corrected chi connectivity index (χ2v) is 8.19. The molecule has 26 heavy (non-hydrogen) atoms. The largest absolute Gasteiger partial charge is 0.374 e. The van der Waals surface area contributed by atoms with Crippen molar-refractivity contribution in [1.82, 2.24) is 3.97 Å². The fourth-order valence-corrected chi connectivity index (χ4v) is 5.66. The summed E-state index contributed by atoms with van der Waals surface area (Å²) in [6.07, 6.45) is 0. The van der Waals surface area contributed by atoms with E-state index >= 15 is 0 Å². The summed E-state index contributed by atoms with van der Waals surface area (Å²) >= 11 is 0. The lowest BCUT2D eigenvalue weighted by Crippen LogP contribution is -2.39. The van der Waals surface area contributed by atoms with E-state index < -0.39 is 15.6 Å². The normalized spacial score (nSPS) is 20.5. The Morgan fingerprint density at radius 3 is 2.27 bits per heavy atom. The minimum Gasteiger partial charge on any atom is -0.374 e. The summed E-state index contributed by atoms with van der Waals surface area (Å²) in [5, 5.41) is 12.7. The Bertz CT molecular complexity index is 1260. The summed E-state index contributed by atoms with van der Waals surface area (Å²) in [4.78, 5) is 0.125. The molecule has 0 bridgehead atoms. The highest BCUT2D eigenvalue weighted by Crippen LogP contribution is 2.46. The summed E-state index contributed by atoms with van der Waals surface area (Å²) < 4.78 is 28.0. The van der Waals surface area contributed by atoms with Crippen molar-refractivity contribution in [3.8, 4) is 0 Å². The lowest BCUT2D eigenvalue weighted by atomic mass is 9.83. The number of para-hydroxylation sites is 1. The SMILES string of the molecule is O=S1(=O)c2ccccc2[C@@](O)(c2ccccc2)c2cc3ccccc3n21. The maximum Gasteiger partial charge on any atom is 0.268 e. The number of aromatic nitrogens is 1. The first-order chi connectivity index (χ1) is 12.5. The highest BCUT2D eigenvalue weighted by molar-refractivity contribution is 7.90. The molecule has 2 heterocycles. The van der Waals surface area contributed by atoms with E-state index in [1.807, 2.05) is 42.5 Å². The van der Waals surface area contributed by atoms with Crippen molar-refractivity contribution >= 4 is 20.9 Å². The first-order valence-electron chi connectivity index (χ1n) is 8.28. The zero-order valence-electron chi connectivity index (χ0n) is 13.7. The van der Waals surface area contributed by atoms with Crippen LogP contribution in [-0.2, 0) is 15.6 Å². The van der Waals surface area contributed by atoms with Crippen molar-refractivity contribution in [1.29, 1.82) is 0 Å². The van der Waals surface area contributed by atoms with E-state index in [0.717, 1.165) is 5.39 Å². The molecule has 0 amide bonds. The Hall–Kier alpha value is -2.89. The van der Waals surface area contributed by atoms with E-state index in [9.17, 15) is 13.5 Å². The third-order valence-electron chi connectivity index (χ3n) is 5.02. The minimum absolute atomic E-state index is 0.125. The van der Waals surface area contributed by atoms with Gasteiger partial charge in [-0.3, -0.25) is 0 Å². The van der Waals surface area contributed by atoms with Gasteiger partial charge >= 0.3 is 0 Å². The van der Waals surface area contributed by atoms with Crippen LogP contribution in [-0.4, -0.2) is 17.5 Å². The molecule has 1 aliphatic rings. The molecule has 5 heteroatoms. The lowest BCUT2D eigenvalue weighted by molar-refractivity contribution is 0.115. The Balaban J connectivity index is 2.01. The van der Waals surface area contributed by atoms with Gasteiger partial charge in [-0.1, -0.05) is 66.7 Å². The van der Waals surface area contributed by atoms with Crippen molar-refractivity contribution in [3.05, 3.63) is 102 Å². The van der Waals surface area contributed by atoms with Gasteiger partial charge in [-0.15, -0.1) is 0 Å². The van der Waals surface area contributed by atoms with Gasteiger partial charge in [0.15, 0.2) is 5.60 Å². The molecule has 0 aliphatic carbocycles. The van der Waals surface area contributed by atoms with Gasteiger partial charge in [-0.05, 0) is 23.8 Å². The summed E-state index contributed by atoms with van der Waals surface area (Å²) in [6.45, 7) is 0. The third-order valence-corrected chi connectivity index (χ3v) is 6.81. The van der Waals surface area contributed by atoms with E-state index in [4.69, 9.17) is 0 Å². The standard InChI is InChI=1S/C21H15NO3S/c23-21(16-9-2-1-3-10-16)17-11-5-7-13-19(17)26(24,25)22-18-12-6-4-8-15(18)14-20(21)22/h1-14,23H/t21-/m0/s1. The van der Waals surface area contributed by atoms with E-state index in [0.29, 0.717) is 22.3 Å². The molecule has 128 valence electrons. The van der Waals surface area contributed by atoms with Crippen LogP contribution < -0.4 is 0 Å². The molecular weight excluding hydrogens is 346 g/mol. The van der Waals surface area contributed by atoms with Crippen LogP contribution in [0.3, 0.4) is 0 Å². The molecular formula is C21H15NO3S. The topological polar surface area (TPSA) is 59.3 Å². The maximum absolute atomic E-state index is 13.3. The van der Waals surface area contributed by atoms with Crippen molar-refractivity contribution in [2.75, 3.05) is 0 Å². The summed E-state index contributed by atoms with van der Waals surface area (Å²) in [5.74, 6) is 0. The molecule has 0 unspecified atom stereocenters. The fourth-order valence-electron chi connectivity index (χ4n) is 3.85. The van der Waals surface area contributed by atoms with Crippen LogP contribution in [0.4, 0.5) is 0 Å². The van der Waals surface area contributed by atoms with Gasteiger partial charge in [0.25, 0.3) is 10.0 Å². The highest BCUT2D eigenvalue weighted by atomic mass is 32.2. The molecule has 4 aromatic rings. The number of aliphatic hydroxyl groups is 1. The van der Waals surface area contributed by atoms with Gasteiger partial charge in [0.05, 0.1) is 16.1 Å². The van der Waals surface area contributed by atoms with Crippen molar-refractivity contribution in [2.45, 2.75) is 10.5 Å². The lowest BCUT2D eigenvalue weighted by Gasteiger charge is -2.36. The van der Waals surface area contributed by atoms with Gasteiger partial charge < -0.3 is 5.11 Å². The molecule has 1 aromatic heterocycles. The molecule has 1 aliphatic heterocycles. The van der Waals surface area contributed by atoms with Crippen LogP contribution >= 0.6 is 0 Å². The number of hydrogen-bond acceptors (Lipinski definition) is 3. The molecule has 0 radical (unpaired) electrons. The number of benzene rings is 3. The smallest absolute Gasteiger partial charge is 0.268 e. The minimum atomic E-state index is -3.81. The summed E-state index contributed by atoms with van der Waals surface area (Å²) in [5.41, 5.74) is 0.352. The molecule has 4 nitrogen and oxygen atoms in total. The van der Waals surface area contributed by atoms with Gasteiger partial charge in [0.1, 0.15) is 0 Å². The Labute approximate surface area is 151 Å². The third kappa shape index (κ3) is 1.79. The quantitative estimate of drug-likeness (QED) is 0.565. The molecule has 0 saturated heterocycles. The van der Waals surface area contributed by atoms with E-state index in [1.54, 1.807) is 42.5 Å². The highest BCUT2D eigenvalue weighted by Gasteiger charge is 2.47. The van der Waals surface area contributed by atoms with E-state index in [1.165, 1.54) is 3.97 Å². The second-order valence-electron chi connectivity index (χ2n) is 6.43. The molecule has 5 rings (SSSR count). The number of hydrogen-bond donors (Lipinski definition) is 1. The second kappa shape index (κ2) is 5.06. The average Bonchev–Trinajstić information content (AvgIpc) is 3.08. The van der Waals surface area contributed by atoms with E-state index in [-0.39, 0.29) is 4.90 Å². The summed E-state index contributed by atoms with van der Waals surface area (Å²) in [6, 6.07) is 24.9. The molecule has 1 atom stereocenters. The predicted molar refractivity (Wildman–Crippen MR) is 99.5 cm³/mol. The fraction of sp³-hybridized carbons (Fsp3) is 0.0476. The van der Waals surface area contributed by atoms with Gasteiger partial charge in [-0.25, -0.2) is 12.4 Å². The average molecular weight is 361 g/mol. The first kappa shape index (κ1) is 15.4.